The zero-order valence-electron chi connectivity index (χ0n) is 13.5. The first-order valence-corrected chi connectivity index (χ1v) is 7.81. The second-order valence-electron chi connectivity index (χ2n) is 5.73. The van der Waals surface area contributed by atoms with Crippen molar-refractivity contribution in [3.63, 3.8) is 0 Å². The summed E-state index contributed by atoms with van der Waals surface area (Å²) < 4.78 is 5.00. The van der Waals surface area contributed by atoms with Gasteiger partial charge in [0, 0.05) is 25.5 Å². The lowest BCUT2D eigenvalue weighted by Gasteiger charge is -2.24. The lowest BCUT2D eigenvalue weighted by Crippen LogP contribution is -2.31. The number of ether oxygens (including phenoxy) is 1. The Labute approximate surface area is 135 Å². The maximum Gasteiger partial charge on any atom is 0.225 e. The summed E-state index contributed by atoms with van der Waals surface area (Å²) in [6, 6.07) is -0.0112. The van der Waals surface area contributed by atoms with Crippen LogP contribution in [0.1, 0.15) is 36.7 Å². The minimum Gasteiger partial charge on any atom is -0.384 e. The van der Waals surface area contributed by atoms with E-state index in [1.807, 2.05) is 11.8 Å². The van der Waals surface area contributed by atoms with Gasteiger partial charge in [-0.3, -0.25) is 9.78 Å². The second-order valence-corrected chi connectivity index (χ2v) is 5.73. The lowest BCUT2D eigenvalue weighted by atomic mass is 10.1. The molecule has 1 N–H and O–H groups in total. The minimum atomic E-state index is -0.0112. The highest BCUT2D eigenvalue weighted by atomic mass is 16.5. The third-order valence-corrected chi connectivity index (χ3v) is 4.03. The molecular weight excluding hydrogens is 294 g/mol. The Balaban J connectivity index is 1.81. The number of H-pyrrole nitrogens is 1. The third-order valence-electron chi connectivity index (χ3n) is 4.03. The van der Waals surface area contributed by atoms with Gasteiger partial charge in [0.25, 0.3) is 0 Å². The first-order valence-electron chi connectivity index (χ1n) is 7.81. The normalized spacial score (nSPS) is 17.7. The summed E-state index contributed by atoms with van der Waals surface area (Å²) in [5.41, 5.74) is 2.50. The van der Waals surface area contributed by atoms with Crippen LogP contribution in [0, 0.1) is 6.92 Å². The fourth-order valence-electron chi connectivity index (χ4n) is 2.90. The molecule has 0 saturated carbocycles. The Morgan fingerprint density at radius 3 is 3.04 bits per heavy atom. The van der Waals surface area contributed by atoms with Crippen LogP contribution < -0.4 is 0 Å². The number of aryl methyl sites for hydroxylation is 1. The highest BCUT2D eigenvalue weighted by molar-refractivity contribution is 5.77. The van der Waals surface area contributed by atoms with Crippen LogP contribution in [0.3, 0.4) is 0 Å². The van der Waals surface area contributed by atoms with Gasteiger partial charge < -0.3 is 14.6 Å². The maximum absolute atomic E-state index is 12.3. The Morgan fingerprint density at radius 2 is 2.30 bits per heavy atom. The smallest absolute Gasteiger partial charge is 0.225 e. The minimum absolute atomic E-state index is 0.0112. The van der Waals surface area contributed by atoms with Crippen molar-refractivity contribution in [2.45, 2.75) is 32.2 Å². The van der Waals surface area contributed by atoms with Crippen molar-refractivity contribution in [1.82, 2.24) is 24.8 Å². The van der Waals surface area contributed by atoms with Crippen LogP contribution in [0.25, 0.3) is 11.5 Å². The molecule has 0 spiro atoms. The van der Waals surface area contributed by atoms with Gasteiger partial charge in [0.1, 0.15) is 5.69 Å². The van der Waals surface area contributed by atoms with Gasteiger partial charge in [-0.15, -0.1) is 0 Å². The lowest BCUT2D eigenvalue weighted by molar-refractivity contribution is -0.133. The van der Waals surface area contributed by atoms with Crippen molar-refractivity contribution in [1.29, 1.82) is 0 Å². The fraction of sp³-hybridized carbons (Fsp3) is 0.500. The zero-order valence-corrected chi connectivity index (χ0v) is 13.5. The van der Waals surface area contributed by atoms with Crippen molar-refractivity contribution in [2.75, 3.05) is 20.3 Å². The van der Waals surface area contributed by atoms with E-state index in [-0.39, 0.29) is 11.9 Å². The number of carbonyl (C=O) groups is 1. The molecule has 7 nitrogen and oxygen atoms in total. The van der Waals surface area contributed by atoms with E-state index in [4.69, 9.17) is 4.74 Å². The monoisotopic (exact) mass is 315 g/mol. The van der Waals surface area contributed by atoms with Gasteiger partial charge in [-0.1, -0.05) is 0 Å². The first kappa shape index (κ1) is 15.6. The van der Waals surface area contributed by atoms with Crippen LogP contribution in [-0.2, 0) is 9.53 Å². The molecule has 1 saturated heterocycles. The Kier molecular flexibility index (Phi) is 4.66. The van der Waals surface area contributed by atoms with E-state index in [0.29, 0.717) is 24.5 Å². The van der Waals surface area contributed by atoms with Crippen LogP contribution in [0.5, 0.6) is 0 Å². The number of nitrogens with zero attached hydrogens (tertiary/aromatic N) is 4. The molecule has 2 aromatic rings. The number of hydrogen-bond donors (Lipinski definition) is 1. The SMILES string of the molecule is COCCC(=O)N1CCCC1c1cncc(-c2ncc(C)[nH]2)n1. The van der Waals surface area contributed by atoms with Crippen LogP contribution in [0.4, 0.5) is 0 Å². The number of rotatable bonds is 5. The van der Waals surface area contributed by atoms with E-state index in [1.165, 1.54) is 0 Å². The molecular formula is C16H21N5O2. The highest BCUT2D eigenvalue weighted by Gasteiger charge is 2.31. The van der Waals surface area contributed by atoms with Crippen LogP contribution >= 0.6 is 0 Å². The first-order chi connectivity index (χ1) is 11.2. The maximum atomic E-state index is 12.3. The molecule has 1 aliphatic heterocycles. The molecule has 0 aliphatic carbocycles. The Morgan fingerprint density at radius 1 is 1.43 bits per heavy atom. The molecule has 3 heterocycles. The van der Waals surface area contributed by atoms with Crippen molar-refractivity contribution in [3.05, 3.63) is 30.0 Å². The quantitative estimate of drug-likeness (QED) is 0.910. The molecule has 0 bridgehead atoms. The van der Waals surface area contributed by atoms with E-state index in [1.54, 1.807) is 25.7 Å². The van der Waals surface area contributed by atoms with Crippen molar-refractivity contribution >= 4 is 5.91 Å². The number of carbonyl (C=O) groups excluding carboxylic acids is 1. The molecule has 1 atom stereocenters. The average Bonchev–Trinajstić information content (AvgIpc) is 3.21. The van der Waals surface area contributed by atoms with Crippen molar-refractivity contribution in [3.8, 4) is 11.5 Å². The summed E-state index contributed by atoms with van der Waals surface area (Å²) in [4.78, 5) is 30.6. The van der Waals surface area contributed by atoms with Gasteiger partial charge in [0.05, 0.1) is 37.2 Å². The largest absolute Gasteiger partial charge is 0.384 e. The number of imidazole rings is 1. The Hall–Kier alpha value is -2.28. The van der Waals surface area contributed by atoms with Gasteiger partial charge in [-0.2, -0.15) is 0 Å². The Bertz CT molecular complexity index is 685. The standard InChI is InChI=1S/C16H21N5O2/c1-11-8-18-16(19-11)13-10-17-9-12(20-13)14-4-3-6-21(14)15(22)5-7-23-2/h8-10,14H,3-7H2,1-2H3,(H,18,19). The predicted octanol–water partition coefficient (Wildman–Crippen LogP) is 1.88. The van der Waals surface area contributed by atoms with E-state index in [2.05, 4.69) is 19.9 Å². The summed E-state index contributed by atoms with van der Waals surface area (Å²) in [5.74, 6) is 0.808. The molecule has 23 heavy (non-hydrogen) atoms. The van der Waals surface area contributed by atoms with Gasteiger partial charge in [-0.25, -0.2) is 9.97 Å². The molecule has 1 unspecified atom stereocenters. The molecule has 1 aliphatic rings. The molecule has 1 amide bonds. The summed E-state index contributed by atoms with van der Waals surface area (Å²) >= 11 is 0. The summed E-state index contributed by atoms with van der Waals surface area (Å²) in [7, 11) is 1.61. The molecule has 0 radical (unpaired) electrons. The number of likely N-dealkylation sites (tertiary alicyclic amines) is 1. The van der Waals surface area contributed by atoms with E-state index >= 15 is 0 Å². The third kappa shape index (κ3) is 3.39. The average molecular weight is 315 g/mol. The van der Waals surface area contributed by atoms with Crippen LogP contribution in [0.15, 0.2) is 18.6 Å². The van der Waals surface area contributed by atoms with Crippen LogP contribution in [0.2, 0.25) is 0 Å². The number of nitrogens with one attached hydrogen (secondary N) is 1. The summed E-state index contributed by atoms with van der Waals surface area (Å²) in [5, 5.41) is 0. The van der Waals surface area contributed by atoms with E-state index in [9.17, 15) is 4.79 Å². The highest BCUT2D eigenvalue weighted by Crippen LogP contribution is 2.31. The second kappa shape index (κ2) is 6.87. The molecule has 2 aromatic heterocycles. The summed E-state index contributed by atoms with van der Waals surface area (Å²) in [6.45, 7) is 3.15. The fourth-order valence-corrected chi connectivity index (χ4v) is 2.90. The number of methoxy groups -OCH3 is 1. The topological polar surface area (TPSA) is 84.0 Å². The van der Waals surface area contributed by atoms with Crippen molar-refractivity contribution < 1.29 is 9.53 Å². The number of aromatic amines is 1. The molecule has 122 valence electrons. The van der Waals surface area contributed by atoms with Gasteiger partial charge in [-0.05, 0) is 19.8 Å². The molecule has 0 aromatic carbocycles. The molecule has 1 fully saturated rings. The number of hydrogen-bond acceptors (Lipinski definition) is 5. The molecule has 7 heteroatoms. The van der Waals surface area contributed by atoms with Gasteiger partial charge in [0.15, 0.2) is 5.82 Å². The predicted molar refractivity (Wildman–Crippen MR) is 84.5 cm³/mol. The summed E-state index contributed by atoms with van der Waals surface area (Å²) in [6.07, 6.45) is 7.49. The van der Waals surface area contributed by atoms with E-state index < -0.39 is 0 Å². The van der Waals surface area contributed by atoms with Gasteiger partial charge in [0.2, 0.25) is 5.91 Å². The van der Waals surface area contributed by atoms with Gasteiger partial charge >= 0.3 is 0 Å². The zero-order chi connectivity index (χ0) is 16.2. The van der Waals surface area contributed by atoms with Crippen LogP contribution in [-0.4, -0.2) is 51.0 Å². The van der Waals surface area contributed by atoms with Crippen molar-refractivity contribution in [2.24, 2.45) is 0 Å². The number of amides is 1. The number of aromatic nitrogens is 4. The van der Waals surface area contributed by atoms with E-state index in [0.717, 1.165) is 30.8 Å². The molecule has 3 rings (SSSR count).